The van der Waals surface area contributed by atoms with Gasteiger partial charge in [0.25, 0.3) is 0 Å². The first-order valence-corrected chi connectivity index (χ1v) is 24.8. The molecule has 8 aromatic rings. The van der Waals surface area contributed by atoms with Gasteiger partial charge in [-0.15, -0.1) is 18.2 Å². The van der Waals surface area contributed by atoms with Crippen LogP contribution in [0.5, 0.6) is 0 Å². The summed E-state index contributed by atoms with van der Waals surface area (Å²) >= 11 is -1.86. The predicted molar refractivity (Wildman–Crippen MR) is 217 cm³/mol. The average molecular weight is 937 g/mol. The van der Waals surface area contributed by atoms with E-state index in [1.807, 2.05) is 97.3 Å². The zero-order chi connectivity index (χ0) is 38.9. The van der Waals surface area contributed by atoms with E-state index in [2.05, 4.69) is 71.4 Å². The molecule has 0 saturated heterocycles. The Kier molecular flexibility index (Phi) is 10.4. The summed E-state index contributed by atoms with van der Waals surface area (Å²) in [5.41, 5.74) is 9.81. The number of benzene rings is 5. The zero-order valence-electron chi connectivity index (χ0n) is 33.3. The van der Waals surface area contributed by atoms with Crippen molar-refractivity contribution in [2.75, 3.05) is 0 Å². The molecule has 3 aromatic heterocycles. The first kappa shape index (κ1) is 34.1. The number of hydrogen-bond acceptors (Lipinski definition) is 3. The summed E-state index contributed by atoms with van der Waals surface area (Å²) in [5, 5.41) is 2.05. The van der Waals surface area contributed by atoms with Crippen LogP contribution in [0.2, 0.25) is 17.3 Å². The molecule has 8 rings (SSSR count). The van der Waals surface area contributed by atoms with Crippen LogP contribution in [0.4, 0.5) is 4.39 Å². The van der Waals surface area contributed by atoms with Crippen LogP contribution in [0, 0.1) is 24.8 Å². The van der Waals surface area contributed by atoms with Crippen LogP contribution in [0.1, 0.15) is 35.0 Å². The van der Waals surface area contributed by atoms with Crippen molar-refractivity contribution < 1.29 is 33.0 Å². The fraction of sp³-hybridized carbons (Fsp3) is 0.149. The van der Waals surface area contributed by atoms with Gasteiger partial charge in [-0.25, -0.2) is 0 Å². The van der Waals surface area contributed by atoms with Gasteiger partial charge in [-0.1, -0.05) is 78.4 Å². The molecule has 3 nitrogen and oxygen atoms in total. The summed E-state index contributed by atoms with van der Waals surface area (Å²) in [6.07, 6.45) is 3.80. The monoisotopic (exact) mass is 938 g/mol. The van der Waals surface area contributed by atoms with E-state index in [1.54, 1.807) is 12.1 Å². The summed E-state index contributed by atoms with van der Waals surface area (Å²) in [6, 6.07) is 44.4. The summed E-state index contributed by atoms with van der Waals surface area (Å²) < 4.78 is 44.5. The van der Waals surface area contributed by atoms with E-state index in [0.717, 1.165) is 61.1 Å². The molecule has 0 amide bonds. The number of fused-ring (bicyclic) bond motifs is 3. The van der Waals surface area contributed by atoms with E-state index >= 15 is 0 Å². The Bertz CT molecular complexity index is 2600. The van der Waals surface area contributed by atoms with Crippen LogP contribution >= 0.6 is 0 Å². The summed E-state index contributed by atoms with van der Waals surface area (Å²) in [6.45, 7) is 2.22. The Balaban J connectivity index is 0.000000197. The largest absolute Gasteiger partial charge is 0 e. The normalized spacial score (nSPS) is 12.4. The molecule has 0 aliphatic rings. The Morgan fingerprint density at radius 3 is 2.23 bits per heavy atom. The molecule has 5 aromatic carbocycles. The molecule has 0 unspecified atom stereocenters. The third kappa shape index (κ3) is 8.44. The second-order valence-corrected chi connectivity index (χ2v) is 24.9. The Labute approximate surface area is 332 Å². The standard InChI is InChI=1S/C27H22NO.C20H19FGeN.Ir/c1-17(2)20-13-14-28-25(15-20)24-6-4-5-23-22-12-11-21(16-26(22)29-27(23)24)19-9-7-18(3)8-10-19;1-22(2,3)17-10-12-20(23-14-17)16-9-11-19(21)18(13-16)15-7-5-4-6-8-15;/h4-5,7-17H,1-3H3;4-8,10-14H,1-3H3;/q2*-1;/i3D3;;. The maximum Gasteiger partial charge on any atom is 0 e. The van der Waals surface area contributed by atoms with Crippen LogP contribution < -0.4 is 4.40 Å². The number of pyridine rings is 2. The molecule has 267 valence electrons. The average Bonchev–Trinajstić information content (AvgIpc) is 3.56. The van der Waals surface area contributed by atoms with E-state index in [4.69, 9.17) is 8.53 Å². The molecule has 0 aliphatic heterocycles. The first-order chi connectivity index (χ1) is 26.3. The van der Waals surface area contributed by atoms with Gasteiger partial charge in [0.1, 0.15) is 5.58 Å². The summed E-state index contributed by atoms with van der Waals surface area (Å²) in [4.78, 5) is 9.14. The Hall–Kier alpha value is -4.68. The van der Waals surface area contributed by atoms with Gasteiger partial charge in [-0.2, -0.15) is 0 Å². The number of halogens is 1. The number of nitrogens with zero attached hydrogens (tertiary/aromatic N) is 2. The topological polar surface area (TPSA) is 38.9 Å². The third-order valence-electron chi connectivity index (χ3n) is 9.25. The van der Waals surface area contributed by atoms with E-state index in [9.17, 15) is 4.39 Å². The second-order valence-electron chi connectivity index (χ2n) is 14.3. The predicted octanol–water partition coefficient (Wildman–Crippen LogP) is 12.4. The molecule has 53 heavy (non-hydrogen) atoms. The van der Waals surface area contributed by atoms with Crippen molar-refractivity contribution in [1.82, 2.24) is 9.97 Å². The quantitative estimate of drug-likeness (QED) is 0.123. The summed E-state index contributed by atoms with van der Waals surface area (Å²) in [5.74, 6) is 7.17. The maximum absolute atomic E-state index is 14.1. The van der Waals surface area contributed by atoms with Gasteiger partial charge in [0.05, 0.1) is 5.58 Å². The molecule has 1 radical (unpaired) electrons. The van der Waals surface area contributed by atoms with E-state index < -0.39 is 20.1 Å². The first-order valence-electron chi connectivity index (χ1n) is 18.9. The molecular weight excluding hydrogens is 892 g/mol. The van der Waals surface area contributed by atoms with Crippen LogP contribution in [0.15, 0.2) is 138 Å². The van der Waals surface area contributed by atoms with E-state index in [0.29, 0.717) is 17.0 Å². The molecule has 0 saturated carbocycles. The summed E-state index contributed by atoms with van der Waals surface area (Å²) in [7, 11) is 0. The zero-order valence-corrected chi connectivity index (χ0v) is 34.8. The van der Waals surface area contributed by atoms with Crippen LogP contribution in [-0.4, -0.2) is 23.2 Å². The molecule has 0 atom stereocenters. The molecule has 0 fully saturated rings. The second kappa shape index (κ2) is 16.1. The van der Waals surface area contributed by atoms with Crippen molar-refractivity contribution in [1.29, 1.82) is 0 Å². The molecule has 0 bridgehead atoms. The fourth-order valence-electron chi connectivity index (χ4n) is 6.17. The molecule has 3 heterocycles. The molecular formula is C47H41FGeIrN2O-2. The fourth-order valence-corrected chi connectivity index (χ4v) is 8.35. The van der Waals surface area contributed by atoms with Crippen molar-refractivity contribution in [2.45, 2.75) is 43.9 Å². The minimum absolute atomic E-state index is 0. The van der Waals surface area contributed by atoms with Crippen LogP contribution in [0.25, 0.3) is 66.7 Å². The number of furan rings is 1. The van der Waals surface area contributed by atoms with Crippen molar-refractivity contribution in [3.8, 4) is 44.8 Å². The Morgan fingerprint density at radius 2 is 1.53 bits per heavy atom. The van der Waals surface area contributed by atoms with Gasteiger partial charge >= 0.3 is 139 Å². The van der Waals surface area contributed by atoms with E-state index in [1.165, 1.54) is 16.0 Å². The number of aryl methyl sites for hydroxylation is 1. The van der Waals surface area contributed by atoms with Crippen LogP contribution in [-0.2, 0) is 20.1 Å². The number of aromatic nitrogens is 2. The van der Waals surface area contributed by atoms with Gasteiger partial charge in [-0.05, 0) is 41.7 Å². The SMILES string of the molecule is [2H]C([2H])([2H])c1ccc(-c2ccc3c(c2)oc2c(-c4cc(C(C)C)ccn4)[c-]ccc23)cc1.[CH3][Ge]([CH3])([CH3])[c]1ccc(-c2[c-]cc(F)c(-c3ccccc3)c2)nc1.[Ir]. The number of rotatable bonds is 6. The third-order valence-corrected chi connectivity index (χ3v) is 13.5. The molecule has 0 spiro atoms. The van der Waals surface area contributed by atoms with Gasteiger partial charge in [0.2, 0.25) is 0 Å². The smallest absolute Gasteiger partial charge is 0 e. The van der Waals surface area contributed by atoms with Gasteiger partial charge in [0.15, 0.2) is 0 Å². The minimum Gasteiger partial charge on any atom is 0 e. The van der Waals surface area contributed by atoms with Crippen molar-refractivity contribution in [3.63, 3.8) is 0 Å². The van der Waals surface area contributed by atoms with Gasteiger partial charge < -0.3 is 9.40 Å². The van der Waals surface area contributed by atoms with Gasteiger partial charge in [0, 0.05) is 35.8 Å². The van der Waals surface area contributed by atoms with Crippen molar-refractivity contribution in [2.24, 2.45) is 0 Å². The Morgan fingerprint density at radius 1 is 0.755 bits per heavy atom. The van der Waals surface area contributed by atoms with Gasteiger partial charge in [-0.3, -0.25) is 0 Å². The van der Waals surface area contributed by atoms with Crippen LogP contribution in [0.3, 0.4) is 0 Å². The molecule has 0 aliphatic carbocycles. The minimum atomic E-state index is -2.10. The molecule has 6 heteroatoms. The number of hydrogen-bond donors (Lipinski definition) is 0. The molecule has 0 N–H and O–H groups in total. The van der Waals surface area contributed by atoms with Crippen molar-refractivity contribution >= 4 is 39.6 Å². The van der Waals surface area contributed by atoms with E-state index in [-0.39, 0.29) is 25.9 Å². The maximum atomic E-state index is 14.1. The van der Waals surface area contributed by atoms with Crippen molar-refractivity contribution in [3.05, 3.63) is 163 Å².